The fourth-order valence-electron chi connectivity index (χ4n) is 1.85. The van der Waals surface area contributed by atoms with Gasteiger partial charge in [-0.15, -0.1) is 0 Å². The van der Waals surface area contributed by atoms with Crippen LogP contribution < -0.4 is 5.32 Å². The fourth-order valence-corrected chi connectivity index (χ4v) is 1.85. The van der Waals surface area contributed by atoms with Gasteiger partial charge in [-0.05, 0) is 46.7 Å². The average Bonchev–Trinajstić information content (AvgIpc) is 3.16. The van der Waals surface area contributed by atoms with Gasteiger partial charge in [-0.1, -0.05) is 0 Å². The fraction of sp³-hybridized carbons (Fsp3) is 0.929. The predicted molar refractivity (Wildman–Crippen MR) is 75.2 cm³/mol. The van der Waals surface area contributed by atoms with E-state index in [0.717, 1.165) is 26.1 Å². The quantitative estimate of drug-likeness (QED) is 0.602. The van der Waals surface area contributed by atoms with Gasteiger partial charge in [0.25, 0.3) is 0 Å². The molecule has 5 nitrogen and oxygen atoms in total. The van der Waals surface area contributed by atoms with Gasteiger partial charge in [-0.25, -0.2) is 0 Å². The van der Waals surface area contributed by atoms with E-state index in [9.17, 15) is 4.79 Å². The SMILES string of the molecule is COC(=O)C(CCN(C)CCOC(C)C)NC1CC1. The van der Waals surface area contributed by atoms with Crippen LogP contribution in [0.3, 0.4) is 0 Å². The van der Waals surface area contributed by atoms with Gasteiger partial charge < -0.3 is 19.7 Å². The van der Waals surface area contributed by atoms with Crippen LogP contribution in [0.1, 0.15) is 33.1 Å². The van der Waals surface area contributed by atoms with Crippen LogP contribution in [0.4, 0.5) is 0 Å². The number of hydrogen-bond acceptors (Lipinski definition) is 5. The van der Waals surface area contributed by atoms with E-state index in [-0.39, 0.29) is 18.1 Å². The predicted octanol–water partition coefficient (Wildman–Crippen LogP) is 1.03. The highest BCUT2D eigenvalue weighted by molar-refractivity contribution is 5.75. The third-order valence-corrected chi connectivity index (χ3v) is 3.22. The van der Waals surface area contributed by atoms with Crippen LogP contribution in [-0.2, 0) is 14.3 Å². The Balaban J connectivity index is 2.19. The first-order chi connectivity index (χ1) is 9.02. The highest BCUT2D eigenvalue weighted by atomic mass is 16.5. The standard InChI is InChI=1S/C14H28N2O3/c1-11(2)19-10-9-16(3)8-7-13(14(17)18-4)15-12-5-6-12/h11-13,15H,5-10H2,1-4H3. The minimum atomic E-state index is -0.175. The van der Waals surface area contributed by atoms with Crippen LogP contribution in [0.25, 0.3) is 0 Å². The second-order valence-corrected chi connectivity index (χ2v) is 5.53. The molecular weight excluding hydrogens is 244 g/mol. The van der Waals surface area contributed by atoms with Crippen molar-refractivity contribution in [3.8, 4) is 0 Å². The summed E-state index contributed by atoms with van der Waals surface area (Å²) in [5, 5.41) is 3.34. The molecule has 1 unspecified atom stereocenters. The van der Waals surface area contributed by atoms with Gasteiger partial charge in [0.15, 0.2) is 0 Å². The summed E-state index contributed by atoms with van der Waals surface area (Å²) in [6.45, 7) is 6.54. The molecule has 0 aromatic carbocycles. The molecule has 1 saturated carbocycles. The molecule has 0 saturated heterocycles. The lowest BCUT2D eigenvalue weighted by molar-refractivity contribution is -0.143. The molecule has 0 aliphatic heterocycles. The van der Waals surface area contributed by atoms with E-state index in [4.69, 9.17) is 9.47 Å². The zero-order chi connectivity index (χ0) is 14.3. The second kappa shape index (κ2) is 8.51. The van der Waals surface area contributed by atoms with E-state index in [1.165, 1.54) is 20.0 Å². The molecule has 0 heterocycles. The van der Waals surface area contributed by atoms with Gasteiger partial charge in [0.05, 0.1) is 19.8 Å². The maximum absolute atomic E-state index is 11.7. The molecule has 0 spiro atoms. The molecule has 112 valence electrons. The van der Waals surface area contributed by atoms with Gasteiger partial charge in [0.2, 0.25) is 0 Å². The number of likely N-dealkylation sites (N-methyl/N-ethyl adjacent to an activating group) is 1. The molecule has 1 atom stereocenters. The van der Waals surface area contributed by atoms with Crippen molar-refractivity contribution in [2.75, 3.05) is 33.9 Å². The Kier molecular flexibility index (Phi) is 7.34. The highest BCUT2D eigenvalue weighted by Gasteiger charge is 2.28. The maximum atomic E-state index is 11.7. The lowest BCUT2D eigenvalue weighted by Crippen LogP contribution is -2.41. The number of rotatable bonds is 10. The van der Waals surface area contributed by atoms with Crippen LogP contribution in [-0.4, -0.2) is 62.9 Å². The molecule has 0 aromatic heterocycles. The summed E-state index contributed by atoms with van der Waals surface area (Å²) in [7, 11) is 3.50. The smallest absolute Gasteiger partial charge is 0.322 e. The van der Waals surface area contributed by atoms with Crippen molar-refractivity contribution in [1.82, 2.24) is 10.2 Å². The summed E-state index contributed by atoms with van der Waals surface area (Å²) in [6, 6.07) is 0.338. The largest absolute Gasteiger partial charge is 0.468 e. The minimum Gasteiger partial charge on any atom is -0.468 e. The minimum absolute atomic E-state index is 0.154. The Hall–Kier alpha value is -0.650. The summed E-state index contributed by atoms with van der Waals surface area (Å²) in [5.74, 6) is -0.154. The van der Waals surface area contributed by atoms with Crippen molar-refractivity contribution in [2.24, 2.45) is 0 Å². The Labute approximate surface area is 116 Å². The van der Waals surface area contributed by atoms with Crippen LogP contribution in [0.2, 0.25) is 0 Å². The Morgan fingerprint density at radius 3 is 2.58 bits per heavy atom. The molecule has 5 heteroatoms. The summed E-state index contributed by atoms with van der Waals surface area (Å²) in [5.41, 5.74) is 0. The van der Waals surface area contributed by atoms with E-state index in [2.05, 4.69) is 17.3 Å². The van der Waals surface area contributed by atoms with Crippen LogP contribution in [0, 0.1) is 0 Å². The molecule has 0 bridgehead atoms. The van der Waals surface area contributed by atoms with Crippen molar-refractivity contribution in [3.63, 3.8) is 0 Å². The van der Waals surface area contributed by atoms with Gasteiger partial charge >= 0.3 is 5.97 Å². The first-order valence-electron chi connectivity index (χ1n) is 7.17. The second-order valence-electron chi connectivity index (χ2n) is 5.53. The third kappa shape index (κ3) is 7.50. The van der Waals surface area contributed by atoms with Gasteiger partial charge in [-0.2, -0.15) is 0 Å². The summed E-state index contributed by atoms with van der Waals surface area (Å²) < 4.78 is 10.4. The van der Waals surface area contributed by atoms with E-state index in [1.54, 1.807) is 0 Å². The number of nitrogens with zero attached hydrogens (tertiary/aromatic N) is 1. The number of carbonyl (C=O) groups excluding carboxylic acids is 1. The summed E-state index contributed by atoms with van der Waals surface area (Å²) in [4.78, 5) is 13.9. The number of methoxy groups -OCH3 is 1. The van der Waals surface area contributed by atoms with Crippen molar-refractivity contribution in [2.45, 2.75) is 51.3 Å². The molecule has 1 N–H and O–H groups in total. The van der Waals surface area contributed by atoms with Crippen LogP contribution >= 0.6 is 0 Å². The molecule has 19 heavy (non-hydrogen) atoms. The molecule has 0 radical (unpaired) electrons. The van der Waals surface area contributed by atoms with E-state index >= 15 is 0 Å². The molecule has 0 aromatic rings. The lowest BCUT2D eigenvalue weighted by Gasteiger charge is -2.21. The topological polar surface area (TPSA) is 50.8 Å². The zero-order valence-electron chi connectivity index (χ0n) is 12.6. The highest BCUT2D eigenvalue weighted by Crippen LogP contribution is 2.20. The van der Waals surface area contributed by atoms with Crippen LogP contribution in [0.5, 0.6) is 0 Å². The van der Waals surface area contributed by atoms with Crippen LogP contribution in [0.15, 0.2) is 0 Å². The molecule has 1 aliphatic rings. The van der Waals surface area contributed by atoms with Gasteiger partial charge in [0, 0.05) is 12.6 Å². The third-order valence-electron chi connectivity index (χ3n) is 3.22. The maximum Gasteiger partial charge on any atom is 0.322 e. The monoisotopic (exact) mass is 272 g/mol. The van der Waals surface area contributed by atoms with Crippen molar-refractivity contribution >= 4 is 5.97 Å². The summed E-state index contributed by atoms with van der Waals surface area (Å²) in [6.07, 6.45) is 3.39. The number of ether oxygens (including phenoxy) is 2. The first kappa shape index (κ1) is 16.4. The molecule has 1 fully saturated rings. The summed E-state index contributed by atoms with van der Waals surface area (Å²) >= 11 is 0. The van der Waals surface area contributed by atoms with E-state index in [1.807, 2.05) is 13.8 Å². The average molecular weight is 272 g/mol. The molecule has 1 rings (SSSR count). The van der Waals surface area contributed by atoms with E-state index < -0.39 is 0 Å². The molecular formula is C14H28N2O3. The number of nitrogens with one attached hydrogen (secondary N) is 1. The Morgan fingerprint density at radius 2 is 2.05 bits per heavy atom. The Morgan fingerprint density at radius 1 is 1.37 bits per heavy atom. The number of hydrogen-bond donors (Lipinski definition) is 1. The van der Waals surface area contributed by atoms with E-state index in [0.29, 0.717) is 6.04 Å². The van der Waals surface area contributed by atoms with Crippen molar-refractivity contribution < 1.29 is 14.3 Å². The lowest BCUT2D eigenvalue weighted by atomic mass is 10.2. The van der Waals surface area contributed by atoms with Gasteiger partial charge in [-0.3, -0.25) is 4.79 Å². The normalized spacial score (nSPS) is 16.9. The molecule has 0 amide bonds. The zero-order valence-corrected chi connectivity index (χ0v) is 12.6. The van der Waals surface area contributed by atoms with Gasteiger partial charge in [0.1, 0.15) is 6.04 Å². The Bertz CT molecular complexity index is 267. The van der Waals surface area contributed by atoms with Crippen molar-refractivity contribution in [3.05, 3.63) is 0 Å². The number of carbonyl (C=O) groups is 1. The first-order valence-corrected chi connectivity index (χ1v) is 7.17. The molecule has 1 aliphatic carbocycles. The van der Waals surface area contributed by atoms with Crippen molar-refractivity contribution in [1.29, 1.82) is 0 Å². The number of esters is 1.